The van der Waals surface area contributed by atoms with Gasteiger partial charge < -0.3 is 5.32 Å². The minimum absolute atomic E-state index is 0.706. The summed E-state index contributed by atoms with van der Waals surface area (Å²) in [5.74, 6) is 1.02. The SMILES string of the molecule is CCCNCC(C)N(CCC)CC1CC1. The molecule has 0 amide bonds. The van der Waals surface area contributed by atoms with Crippen LogP contribution in [0.1, 0.15) is 46.5 Å². The summed E-state index contributed by atoms with van der Waals surface area (Å²) in [5, 5.41) is 3.53. The lowest BCUT2D eigenvalue weighted by molar-refractivity contribution is 0.196. The van der Waals surface area contributed by atoms with Crippen molar-refractivity contribution in [2.75, 3.05) is 26.2 Å². The fourth-order valence-corrected chi connectivity index (χ4v) is 2.03. The van der Waals surface area contributed by atoms with Gasteiger partial charge in [0.05, 0.1) is 0 Å². The van der Waals surface area contributed by atoms with E-state index >= 15 is 0 Å². The molecule has 90 valence electrons. The van der Waals surface area contributed by atoms with Crippen LogP contribution in [0.2, 0.25) is 0 Å². The van der Waals surface area contributed by atoms with Crippen LogP contribution in [-0.2, 0) is 0 Å². The molecule has 0 bridgehead atoms. The molecule has 1 aliphatic rings. The molecular formula is C13H28N2. The van der Waals surface area contributed by atoms with Gasteiger partial charge in [-0.2, -0.15) is 0 Å². The Bertz CT molecular complexity index is 155. The predicted molar refractivity (Wildman–Crippen MR) is 67.2 cm³/mol. The van der Waals surface area contributed by atoms with E-state index in [0.717, 1.165) is 19.0 Å². The highest BCUT2D eigenvalue weighted by molar-refractivity contribution is 4.80. The molecule has 0 aromatic rings. The number of hydrogen-bond donors (Lipinski definition) is 1. The maximum atomic E-state index is 3.53. The van der Waals surface area contributed by atoms with Gasteiger partial charge in [0.15, 0.2) is 0 Å². The molecule has 0 radical (unpaired) electrons. The molecule has 1 rings (SSSR count). The Kier molecular flexibility index (Phi) is 6.26. The Morgan fingerprint density at radius 1 is 1.27 bits per heavy atom. The van der Waals surface area contributed by atoms with Crippen LogP contribution >= 0.6 is 0 Å². The Morgan fingerprint density at radius 2 is 2.00 bits per heavy atom. The third kappa shape index (κ3) is 5.53. The Hall–Kier alpha value is -0.0800. The Labute approximate surface area is 95.4 Å². The first-order chi connectivity index (χ1) is 7.27. The summed E-state index contributed by atoms with van der Waals surface area (Å²) in [5.41, 5.74) is 0. The molecule has 0 spiro atoms. The van der Waals surface area contributed by atoms with Crippen LogP contribution in [0, 0.1) is 5.92 Å². The number of hydrogen-bond acceptors (Lipinski definition) is 2. The number of nitrogens with zero attached hydrogens (tertiary/aromatic N) is 1. The van der Waals surface area contributed by atoms with Gasteiger partial charge in [0, 0.05) is 19.1 Å². The van der Waals surface area contributed by atoms with Crippen LogP contribution < -0.4 is 5.32 Å². The highest BCUT2D eigenvalue weighted by Crippen LogP contribution is 2.30. The quantitative estimate of drug-likeness (QED) is 0.591. The highest BCUT2D eigenvalue weighted by atomic mass is 15.2. The van der Waals surface area contributed by atoms with Gasteiger partial charge in [-0.3, -0.25) is 4.90 Å². The summed E-state index contributed by atoms with van der Waals surface area (Å²) in [6.45, 7) is 11.8. The molecule has 0 aromatic carbocycles. The van der Waals surface area contributed by atoms with Crippen molar-refractivity contribution < 1.29 is 0 Å². The smallest absolute Gasteiger partial charge is 0.0192 e. The molecule has 1 saturated carbocycles. The van der Waals surface area contributed by atoms with Gasteiger partial charge in [-0.05, 0) is 51.6 Å². The topological polar surface area (TPSA) is 15.3 Å². The highest BCUT2D eigenvalue weighted by Gasteiger charge is 2.25. The molecule has 1 N–H and O–H groups in total. The molecule has 15 heavy (non-hydrogen) atoms. The fourth-order valence-electron chi connectivity index (χ4n) is 2.03. The Balaban J connectivity index is 2.18. The first-order valence-corrected chi connectivity index (χ1v) is 6.72. The van der Waals surface area contributed by atoms with Gasteiger partial charge in [-0.25, -0.2) is 0 Å². The van der Waals surface area contributed by atoms with E-state index in [-0.39, 0.29) is 0 Å². The summed E-state index contributed by atoms with van der Waals surface area (Å²) in [4.78, 5) is 2.67. The molecule has 2 nitrogen and oxygen atoms in total. The van der Waals surface area contributed by atoms with Gasteiger partial charge in [-0.15, -0.1) is 0 Å². The molecule has 0 aliphatic heterocycles. The van der Waals surface area contributed by atoms with E-state index in [2.05, 4.69) is 31.0 Å². The molecule has 1 fully saturated rings. The maximum absolute atomic E-state index is 3.53. The van der Waals surface area contributed by atoms with E-state index in [0.29, 0.717) is 6.04 Å². The van der Waals surface area contributed by atoms with Crippen molar-refractivity contribution in [3.8, 4) is 0 Å². The molecule has 0 aromatic heterocycles. The normalized spacial score (nSPS) is 18.4. The molecule has 1 atom stereocenters. The van der Waals surface area contributed by atoms with Crippen molar-refractivity contribution in [1.82, 2.24) is 10.2 Å². The van der Waals surface area contributed by atoms with Crippen molar-refractivity contribution in [3.05, 3.63) is 0 Å². The first-order valence-electron chi connectivity index (χ1n) is 6.72. The number of nitrogens with one attached hydrogen (secondary N) is 1. The first kappa shape index (κ1) is 13.0. The fraction of sp³-hybridized carbons (Fsp3) is 1.00. The van der Waals surface area contributed by atoms with Gasteiger partial charge in [-0.1, -0.05) is 13.8 Å². The zero-order valence-electron chi connectivity index (χ0n) is 10.8. The molecular weight excluding hydrogens is 184 g/mol. The second-order valence-electron chi connectivity index (χ2n) is 4.99. The van der Waals surface area contributed by atoms with E-state index in [1.165, 1.54) is 38.8 Å². The van der Waals surface area contributed by atoms with Crippen LogP contribution in [-0.4, -0.2) is 37.1 Å². The second-order valence-corrected chi connectivity index (χ2v) is 4.99. The lowest BCUT2D eigenvalue weighted by Crippen LogP contribution is -2.42. The lowest BCUT2D eigenvalue weighted by atomic mass is 10.2. The van der Waals surface area contributed by atoms with E-state index in [1.807, 2.05) is 0 Å². The standard InChI is InChI=1S/C13H28N2/c1-4-8-14-10-12(3)15(9-5-2)11-13-6-7-13/h12-14H,4-11H2,1-3H3. The molecule has 1 aliphatic carbocycles. The average molecular weight is 212 g/mol. The molecule has 0 saturated heterocycles. The molecule has 0 heterocycles. The number of rotatable bonds is 9. The van der Waals surface area contributed by atoms with Gasteiger partial charge in [0.2, 0.25) is 0 Å². The third-order valence-electron chi connectivity index (χ3n) is 3.19. The summed E-state index contributed by atoms with van der Waals surface area (Å²) in [6, 6.07) is 0.706. The largest absolute Gasteiger partial charge is 0.315 e. The maximum Gasteiger partial charge on any atom is 0.0192 e. The lowest BCUT2D eigenvalue weighted by Gasteiger charge is -2.29. The van der Waals surface area contributed by atoms with Crippen LogP contribution in [0.25, 0.3) is 0 Å². The van der Waals surface area contributed by atoms with Crippen molar-refractivity contribution >= 4 is 0 Å². The van der Waals surface area contributed by atoms with E-state index < -0.39 is 0 Å². The second kappa shape index (κ2) is 7.24. The summed E-state index contributed by atoms with van der Waals surface area (Å²) < 4.78 is 0. The van der Waals surface area contributed by atoms with Crippen LogP contribution in [0.15, 0.2) is 0 Å². The zero-order valence-corrected chi connectivity index (χ0v) is 10.8. The minimum Gasteiger partial charge on any atom is -0.315 e. The monoisotopic (exact) mass is 212 g/mol. The van der Waals surface area contributed by atoms with Crippen molar-refractivity contribution in [3.63, 3.8) is 0 Å². The zero-order chi connectivity index (χ0) is 11.1. The van der Waals surface area contributed by atoms with Gasteiger partial charge in [0.1, 0.15) is 0 Å². The van der Waals surface area contributed by atoms with Crippen LogP contribution in [0.4, 0.5) is 0 Å². The van der Waals surface area contributed by atoms with Gasteiger partial charge in [0.25, 0.3) is 0 Å². The Morgan fingerprint density at radius 3 is 2.53 bits per heavy atom. The average Bonchev–Trinajstić information content (AvgIpc) is 3.01. The van der Waals surface area contributed by atoms with Crippen molar-refractivity contribution in [2.45, 2.75) is 52.5 Å². The summed E-state index contributed by atoms with van der Waals surface area (Å²) >= 11 is 0. The van der Waals surface area contributed by atoms with Gasteiger partial charge >= 0.3 is 0 Å². The van der Waals surface area contributed by atoms with Crippen LogP contribution in [0.5, 0.6) is 0 Å². The van der Waals surface area contributed by atoms with Crippen molar-refractivity contribution in [2.24, 2.45) is 5.92 Å². The summed E-state index contributed by atoms with van der Waals surface area (Å²) in [7, 11) is 0. The molecule has 1 unspecified atom stereocenters. The van der Waals surface area contributed by atoms with Crippen LogP contribution in [0.3, 0.4) is 0 Å². The molecule has 2 heteroatoms. The summed E-state index contributed by atoms with van der Waals surface area (Å²) in [6.07, 6.45) is 5.46. The van der Waals surface area contributed by atoms with E-state index in [4.69, 9.17) is 0 Å². The third-order valence-corrected chi connectivity index (χ3v) is 3.19. The van der Waals surface area contributed by atoms with E-state index in [1.54, 1.807) is 0 Å². The predicted octanol–water partition coefficient (Wildman–Crippen LogP) is 2.50. The minimum atomic E-state index is 0.706. The van der Waals surface area contributed by atoms with Crippen molar-refractivity contribution in [1.29, 1.82) is 0 Å². The van der Waals surface area contributed by atoms with E-state index in [9.17, 15) is 0 Å².